The van der Waals surface area contributed by atoms with Crippen molar-refractivity contribution in [2.24, 2.45) is 0 Å². The second kappa shape index (κ2) is 11.0. The number of hydrogen-bond acceptors (Lipinski definition) is 4. The monoisotopic (exact) mass is 606 g/mol. The number of rotatable bonds is 7. The number of benzene rings is 3. The summed E-state index contributed by atoms with van der Waals surface area (Å²) in [6, 6.07) is 19.8. The lowest BCUT2D eigenvalue weighted by atomic mass is 10.1. The number of anilines is 1. The average Bonchev–Trinajstić information content (AvgIpc) is 3.13. The molecule has 3 aromatic rings. The number of aryl methyl sites for hydroxylation is 1. The van der Waals surface area contributed by atoms with E-state index < -0.39 is 0 Å². The van der Waals surface area contributed by atoms with Crippen LogP contribution in [0.25, 0.3) is 6.08 Å². The van der Waals surface area contributed by atoms with Crippen molar-refractivity contribution in [1.82, 2.24) is 5.32 Å². The Labute approximate surface area is 219 Å². The second-order valence-electron chi connectivity index (χ2n) is 7.40. The van der Waals surface area contributed by atoms with Gasteiger partial charge in [0.25, 0.3) is 5.91 Å². The average molecular weight is 609 g/mol. The third-order valence-electron chi connectivity index (χ3n) is 5.01. The molecule has 3 aromatic carbocycles. The Kier molecular flexibility index (Phi) is 8.07. The van der Waals surface area contributed by atoms with Crippen LogP contribution in [0.3, 0.4) is 0 Å². The summed E-state index contributed by atoms with van der Waals surface area (Å²) >= 11 is 14.9. The summed E-state index contributed by atoms with van der Waals surface area (Å²) in [7, 11) is 0. The molecular formula is C25H21Br2ClN2O2S. The number of thioether (sulfide) groups is 1. The Bertz CT molecular complexity index is 1160. The van der Waals surface area contributed by atoms with E-state index in [1.807, 2.05) is 48.5 Å². The smallest absolute Gasteiger partial charge is 0.260 e. The van der Waals surface area contributed by atoms with Crippen LogP contribution in [-0.2, 0) is 17.8 Å². The fraction of sp³-hybridized carbons (Fsp3) is 0.160. The molecule has 1 fully saturated rings. The summed E-state index contributed by atoms with van der Waals surface area (Å²) in [5.41, 5.74) is 3.85. The van der Waals surface area contributed by atoms with Gasteiger partial charge in [0.2, 0.25) is 0 Å². The van der Waals surface area contributed by atoms with Crippen molar-refractivity contribution in [2.75, 3.05) is 5.32 Å². The maximum Gasteiger partial charge on any atom is 0.260 e. The highest BCUT2D eigenvalue weighted by molar-refractivity contribution is 9.10. The first-order valence-electron chi connectivity index (χ1n) is 10.3. The number of ether oxygens (including phenoxy) is 1. The van der Waals surface area contributed by atoms with Crippen molar-refractivity contribution < 1.29 is 9.53 Å². The zero-order valence-electron chi connectivity index (χ0n) is 17.7. The molecule has 0 radical (unpaired) electrons. The largest absolute Gasteiger partial charge is 0.486 e. The van der Waals surface area contributed by atoms with Gasteiger partial charge < -0.3 is 15.4 Å². The molecule has 0 aliphatic carbocycles. The van der Waals surface area contributed by atoms with E-state index in [4.69, 9.17) is 16.3 Å². The predicted molar refractivity (Wildman–Crippen MR) is 145 cm³/mol. The van der Waals surface area contributed by atoms with Crippen LogP contribution in [0.1, 0.15) is 23.6 Å². The van der Waals surface area contributed by atoms with Gasteiger partial charge in [0.15, 0.2) is 11.2 Å². The maximum atomic E-state index is 12.5. The second-order valence-corrected chi connectivity index (χ2v) is 10.7. The third-order valence-corrected chi connectivity index (χ3v) is 7.43. The van der Waals surface area contributed by atoms with E-state index in [1.54, 1.807) is 6.07 Å². The Balaban J connectivity index is 1.43. The maximum absolute atomic E-state index is 12.5. The van der Waals surface area contributed by atoms with Crippen LogP contribution in [0.5, 0.6) is 5.75 Å². The van der Waals surface area contributed by atoms with Gasteiger partial charge in [-0.2, -0.15) is 0 Å². The van der Waals surface area contributed by atoms with Crippen molar-refractivity contribution in [3.05, 3.63) is 96.2 Å². The molecule has 1 saturated heterocycles. The minimum absolute atomic E-state index is 0.120. The van der Waals surface area contributed by atoms with Crippen molar-refractivity contribution >= 4 is 72.9 Å². The van der Waals surface area contributed by atoms with Crippen molar-refractivity contribution in [3.63, 3.8) is 0 Å². The summed E-state index contributed by atoms with van der Waals surface area (Å²) in [5, 5.41) is 6.77. The molecular weight excluding hydrogens is 588 g/mol. The summed E-state index contributed by atoms with van der Waals surface area (Å²) in [6.45, 7) is 2.52. The number of nitrogens with one attached hydrogen (secondary N) is 2. The first-order chi connectivity index (χ1) is 15.9. The number of carbonyl (C=O) groups is 1. The van der Waals surface area contributed by atoms with Crippen LogP contribution >= 0.6 is 55.2 Å². The molecule has 2 N–H and O–H groups in total. The summed E-state index contributed by atoms with van der Waals surface area (Å²) in [6.07, 6.45) is 2.82. The Morgan fingerprint density at radius 3 is 2.45 bits per heavy atom. The molecule has 0 unspecified atom stereocenters. The summed E-state index contributed by atoms with van der Waals surface area (Å²) < 4.78 is 7.68. The lowest BCUT2D eigenvalue weighted by Crippen LogP contribution is -2.30. The molecule has 0 spiro atoms. The van der Waals surface area contributed by atoms with Crippen LogP contribution in [0, 0.1) is 0 Å². The van der Waals surface area contributed by atoms with Gasteiger partial charge in [-0.15, -0.1) is 0 Å². The van der Waals surface area contributed by atoms with Crippen molar-refractivity contribution in [2.45, 2.75) is 25.4 Å². The third kappa shape index (κ3) is 6.35. The van der Waals surface area contributed by atoms with Gasteiger partial charge >= 0.3 is 0 Å². The van der Waals surface area contributed by atoms with Crippen LogP contribution in [0.2, 0.25) is 5.02 Å². The first-order valence-corrected chi connectivity index (χ1v) is 13.2. The molecule has 1 aliphatic rings. The van der Waals surface area contributed by atoms with Crippen LogP contribution < -0.4 is 15.4 Å². The fourth-order valence-corrected chi connectivity index (χ4v) is 5.48. The molecule has 4 rings (SSSR count). The number of halogens is 3. The van der Waals surface area contributed by atoms with Gasteiger partial charge in [0, 0.05) is 10.2 Å². The van der Waals surface area contributed by atoms with Crippen molar-refractivity contribution in [1.29, 1.82) is 0 Å². The van der Waals surface area contributed by atoms with E-state index in [0.29, 0.717) is 22.3 Å². The zero-order valence-corrected chi connectivity index (χ0v) is 22.4. The van der Waals surface area contributed by atoms with Gasteiger partial charge in [0.05, 0.1) is 14.4 Å². The molecule has 0 bridgehead atoms. The SMILES string of the molecule is CCc1ccc(N[C@@H]2NC(=O)/C(=C/c3cc(Cl)c(OCc4ccc(Br)cc4)c(Br)c3)S2)cc1. The van der Waals surface area contributed by atoms with Gasteiger partial charge in [-0.25, -0.2) is 0 Å². The number of amides is 1. The molecule has 0 aromatic heterocycles. The molecule has 1 atom stereocenters. The van der Waals surface area contributed by atoms with Crippen LogP contribution in [-0.4, -0.2) is 11.4 Å². The lowest BCUT2D eigenvalue weighted by Gasteiger charge is -2.13. The van der Waals surface area contributed by atoms with Gasteiger partial charge in [0.1, 0.15) is 6.61 Å². The molecule has 0 saturated carbocycles. The molecule has 4 nitrogen and oxygen atoms in total. The summed E-state index contributed by atoms with van der Waals surface area (Å²) in [4.78, 5) is 13.1. The van der Waals surface area contributed by atoms with E-state index in [9.17, 15) is 4.79 Å². The van der Waals surface area contributed by atoms with E-state index in [0.717, 1.165) is 32.2 Å². The van der Waals surface area contributed by atoms with E-state index in [1.165, 1.54) is 17.3 Å². The normalized spacial score (nSPS) is 16.7. The molecule has 33 heavy (non-hydrogen) atoms. The zero-order chi connectivity index (χ0) is 23.4. The van der Waals surface area contributed by atoms with E-state index in [2.05, 4.69) is 61.5 Å². The van der Waals surface area contributed by atoms with Gasteiger partial charge in [-0.1, -0.05) is 70.5 Å². The molecule has 170 valence electrons. The molecule has 1 aliphatic heterocycles. The minimum atomic E-state index is -0.233. The van der Waals surface area contributed by atoms with Crippen LogP contribution in [0.15, 0.2) is 74.5 Å². The lowest BCUT2D eigenvalue weighted by molar-refractivity contribution is -0.116. The Hall–Kier alpha value is -1.93. The summed E-state index contributed by atoms with van der Waals surface area (Å²) in [5.74, 6) is 0.450. The van der Waals surface area contributed by atoms with Crippen LogP contribution in [0.4, 0.5) is 5.69 Å². The number of hydrogen-bond donors (Lipinski definition) is 2. The standard InChI is InChI=1S/C25H21Br2ClN2O2S/c1-2-15-5-9-19(10-6-15)29-25-30-24(31)22(33-25)13-17-11-20(27)23(21(28)12-17)32-14-16-3-7-18(26)8-4-16/h3-13,25,29H,2,14H2,1H3,(H,30,31)/b22-13-/t25-/m1/s1. The highest BCUT2D eigenvalue weighted by atomic mass is 79.9. The predicted octanol–water partition coefficient (Wildman–Crippen LogP) is 7.61. The topological polar surface area (TPSA) is 50.4 Å². The van der Waals surface area contributed by atoms with E-state index >= 15 is 0 Å². The quantitative estimate of drug-likeness (QED) is 0.271. The first kappa shape index (κ1) is 24.2. The molecule has 1 amide bonds. The number of carbonyl (C=O) groups excluding carboxylic acids is 1. The Morgan fingerprint density at radius 1 is 1.09 bits per heavy atom. The van der Waals surface area contributed by atoms with Crippen molar-refractivity contribution in [3.8, 4) is 5.75 Å². The van der Waals surface area contributed by atoms with Gasteiger partial charge in [-0.3, -0.25) is 4.79 Å². The highest BCUT2D eigenvalue weighted by Gasteiger charge is 2.27. The molecule has 8 heteroatoms. The minimum Gasteiger partial charge on any atom is -0.486 e. The Morgan fingerprint density at radius 2 is 1.79 bits per heavy atom. The molecule has 1 heterocycles. The van der Waals surface area contributed by atoms with Gasteiger partial charge in [-0.05, 0) is 81.5 Å². The highest BCUT2D eigenvalue weighted by Crippen LogP contribution is 2.37. The fourth-order valence-electron chi connectivity index (χ4n) is 3.24. The van der Waals surface area contributed by atoms with E-state index in [-0.39, 0.29) is 11.4 Å².